The second kappa shape index (κ2) is 9.09. The first-order chi connectivity index (χ1) is 16.8. The van der Waals surface area contributed by atoms with Crippen LogP contribution in [-0.2, 0) is 4.79 Å². The molecule has 1 spiro atoms. The number of anilines is 1. The van der Waals surface area contributed by atoms with Crippen LogP contribution in [0.3, 0.4) is 0 Å². The van der Waals surface area contributed by atoms with Gasteiger partial charge in [0.1, 0.15) is 5.78 Å². The van der Waals surface area contributed by atoms with Crippen molar-refractivity contribution in [2.45, 2.75) is 109 Å². The van der Waals surface area contributed by atoms with Gasteiger partial charge in [-0.15, -0.1) is 0 Å². The summed E-state index contributed by atoms with van der Waals surface area (Å²) in [5, 5.41) is 0. The molecule has 0 amide bonds. The molecule has 6 nitrogen and oxygen atoms in total. The van der Waals surface area contributed by atoms with Gasteiger partial charge in [-0.25, -0.2) is 9.97 Å². The molecule has 3 aliphatic heterocycles. The number of likely N-dealkylation sites (tertiary alicyclic amines) is 2. The first kappa shape index (κ1) is 23.8. The van der Waals surface area contributed by atoms with Crippen molar-refractivity contribution in [1.29, 1.82) is 0 Å². The van der Waals surface area contributed by atoms with Gasteiger partial charge in [0.15, 0.2) is 0 Å². The predicted molar refractivity (Wildman–Crippen MR) is 140 cm³/mol. The van der Waals surface area contributed by atoms with Crippen LogP contribution < -0.4 is 4.90 Å². The topological polar surface area (TPSA) is 52.6 Å². The van der Waals surface area contributed by atoms with E-state index in [1.54, 1.807) is 0 Å². The van der Waals surface area contributed by atoms with Gasteiger partial charge in [-0.3, -0.25) is 9.69 Å². The number of hydrogen-bond acceptors (Lipinski definition) is 6. The second-order valence-corrected chi connectivity index (χ2v) is 13.2. The lowest BCUT2D eigenvalue weighted by atomic mass is 9.48. The number of ketones is 1. The second-order valence-electron chi connectivity index (χ2n) is 13.2. The van der Waals surface area contributed by atoms with E-state index in [1.165, 1.54) is 57.2 Å². The molecule has 0 radical (unpaired) electrons. The van der Waals surface area contributed by atoms with Gasteiger partial charge in [0, 0.05) is 61.5 Å². The van der Waals surface area contributed by atoms with Gasteiger partial charge in [-0.2, -0.15) is 0 Å². The molecule has 192 valence electrons. The van der Waals surface area contributed by atoms with Crippen LogP contribution in [0.25, 0.3) is 0 Å². The number of hydrogen-bond donors (Lipinski definition) is 0. The molecule has 35 heavy (non-hydrogen) atoms. The summed E-state index contributed by atoms with van der Waals surface area (Å²) in [5.74, 6) is 2.62. The van der Waals surface area contributed by atoms with Gasteiger partial charge < -0.3 is 9.80 Å². The van der Waals surface area contributed by atoms with Crippen LogP contribution in [0.5, 0.6) is 0 Å². The molecular weight excluding hydrogens is 434 g/mol. The third-order valence-electron chi connectivity index (χ3n) is 10.3. The largest absolute Gasteiger partial charge is 0.332 e. The highest BCUT2D eigenvalue weighted by molar-refractivity contribution is 5.83. The molecule has 2 atom stereocenters. The zero-order chi connectivity index (χ0) is 24.3. The lowest BCUT2D eigenvalue weighted by Crippen LogP contribution is -2.58. The Kier molecular flexibility index (Phi) is 6.19. The van der Waals surface area contributed by atoms with Crippen LogP contribution in [-0.4, -0.2) is 75.9 Å². The Hall–Kier alpha value is -1.53. The highest BCUT2D eigenvalue weighted by atomic mass is 16.1. The van der Waals surface area contributed by atoms with E-state index in [9.17, 15) is 4.79 Å². The van der Waals surface area contributed by atoms with Gasteiger partial charge in [0.05, 0.1) is 0 Å². The highest BCUT2D eigenvalue weighted by Crippen LogP contribution is 2.60. The molecule has 5 fully saturated rings. The third-order valence-corrected chi connectivity index (χ3v) is 10.3. The van der Waals surface area contributed by atoms with Crippen molar-refractivity contribution in [3.8, 4) is 0 Å². The molecule has 5 aliphatic rings. The smallest absolute Gasteiger partial charge is 0.225 e. The van der Waals surface area contributed by atoms with E-state index < -0.39 is 0 Å². The summed E-state index contributed by atoms with van der Waals surface area (Å²) < 4.78 is 0. The van der Waals surface area contributed by atoms with E-state index in [0.717, 1.165) is 37.9 Å². The summed E-state index contributed by atoms with van der Waals surface area (Å²) in [6.45, 7) is 13.4. The number of aromatic nitrogens is 2. The summed E-state index contributed by atoms with van der Waals surface area (Å²) in [5.41, 5.74) is 1.85. The van der Waals surface area contributed by atoms with E-state index in [0.29, 0.717) is 41.2 Å². The molecule has 2 bridgehead atoms. The fourth-order valence-corrected chi connectivity index (χ4v) is 8.15. The number of Topliss-reactive ketones (excluding diaryl/α,β-unsaturated/α-hetero) is 1. The number of rotatable bonds is 6. The molecule has 2 unspecified atom stereocenters. The molecule has 2 aliphatic carbocycles. The maximum Gasteiger partial charge on any atom is 0.225 e. The summed E-state index contributed by atoms with van der Waals surface area (Å²) in [4.78, 5) is 29.9. The molecule has 6 rings (SSSR count). The summed E-state index contributed by atoms with van der Waals surface area (Å²) in [6.07, 6.45) is 14.2. The summed E-state index contributed by atoms with van der Waals surface area (Å²) >= 11 is 0. The highest BCUT2D eigenvalue weighted by Gasteiger charge is 2.56. The predicted octanol–water partition coefficient (Wildman–Crippen LogP) is 4.50. The Bertz CT molecular complexity index is 894. The number of fused-ring (bicyclic) bond motifs is 2. The number of piperidine rings is 1. The Morgan fingerprint density at radius 2 is 1.49 bits per heavy atom. The molecule has 0 aromatic carbocycles. The number of nitrogens with zero attached hydrogens (tertiary/aromatic N) is 5. The minimum absolute atomic E-state index is 0.204. The normalized spacial score (nSPS) is 36.1. The summed E-state index contributed by atoms with van der Waals surface area (Å²) in [7, 11) is 0. The number of carbonyl (C=O) groups excluding carboxylic acids is 1. The molecule has 1 aromatic rings. The molecule has 6 heteroatoms. The quantitative estimate of drug-likeness (QED) is 0.599. The molecule has 4 heterocycles. The van der Waals surface area contributed by atoms with Crippen molar-refractivity contribution >= 4 is 11.7 Å². The van der Waals surface area contributed by atoms with Crippen molar-refractivity contribution in [2.75, 3.05) is 31.1 Å². The van der Waals surface area contributed by atoms with E-state index in [2.05, 4.69) is 54.8 Å². The molecule has 2 saturated carbocycles. The monoisotopic (exact) mass is 479 g/mol. The SMILES string of the molecule is CC(C)C(=O)[C@H]1CC2(C1)C[C@H](N1CCC(c3cnc(N4C5CCC4CN(C(C)C)C5)nc3)CC1)C2. The molecule has 3 saturated heterocycles. The van der Waals surface area contributed by atoms with Crippen molar-refractivity contribution in [3.63, 3.8) is 0 Å². The Balaban J connectivity index is 0.985. The van der Waals surface area contributed by atoms with Gasteiger partial charge in [0.25, 0.3) is 0 Å². The van der Waals surface area contributed by atoms with E-state index in [1.807, 2.05) is 0 Å². The fourth-order valence-electron chi connectivity index (χ4n) is 8.15. The first-order valence-corrected chi connectivity index (χ1v) is 14.4. The van der Waals surface area contributed by atoms with Crippen LogP contribution in [0.1, 0.15) is 90.5 Å². The van der Waals surface area contributed by atoms with Crippen LogP contribution >= 0.6 is 0 Å². The average molecular weight is 480 g/mol. The zero-order valence-corrected chi connectivity index (χ0v) is 22.3. The molecule has 1 aromatic heterocycles. The van der Waals surface area contributed by atoms with Crippen molar-refractivity contribution in [2.24, 2.45) is 17.3 Å². The lowest BCUT2D eigenvalue weighted by molar-refractivity contribution is -0.144. The zero-order valence-electron chi connectivity index (χ0n) is 22.3. The Labute approximate surface area is 211 Å². The van der Waals surface area contributed by atoms with Crippen LogP contribution in [0.4, 0.5) is 5.95 Å². The van der Waals surface area contributed by atoms with E-state index >= 15 is 0 Å². The first-order valence-electron chi connectivity index (χ1n) is 14.4. The number of carbonyl (C=O) groups is 1. The fraction of sp³-hybridized carbons (Fsp3) is 0.828. The van der Waals surface area contributed by atoms with Gasteiger partial charge in [-0.1, -0.05) is 13.8 Å². The Morgan fingerprint density at radius 1 is 0.886 bits per heavy atom. The molecular formula is C29H45N5O. The minimum atomic E-state index is 0.204. The Morgan fingerprint density at radius 3 is 2.03 bits per heavy atom. The maximum atomic E-state index is 12.3. The van der Waals surface area contributed by atoms with Crippen molar-refractivity contribution in [3.05, 3.63) is 18.0 Å². The van der Waals surface area contributed by atoms with Crippen molar-refractivity contribution < 1.29 is 4.79 Å². The molecule has 0 N–H and O–H groups in total. The van der Waals surface area contributed by atoms with Crippen LogP contribution in [0, 0.1) is 17.3 Å². The lowest BCUT2D eigenvalue weighted by Gasteiger charge is -2.60. The standard InChI is InChI=1S/C29H45N5O/c1-19(2)27(35)22-11-29(12-22)13-26(14-29)32-9-7-21(8-10-32)23-15-30-28(31-16-23)34-24-5-6-25(34)18-33(17-24)20(3)4/h15-16,19-22,24-26H,5-14,17-18H2,1-4H3/t22-,24?,25?,26-,29?. The van der Waals surface area contributed by atoms with Crippen LogP contribution in [0.15, 0.2) is 12.4 Å². The van der Waals surface area contributed by atoms with Gasteiger partial charge in [0.2, 0.25) is 5.95 Å². The average Bonchev–Trinajstić information content (AvgIpc) is 3.06. The maximum absolute atomic E-state index is 12.3. The van der Waals surface area contributed by atoms with Crippen molar-refractivity contribution in [1.82, 2.24) is 19.8 Å². The van der Waals surface area contributed by atoms with Gasteiger partial charge in [-0.05, 0) is 95.2 Å². The number of piperazine rings is 1. The summed E-state index contributed by atoms with van der Waals surface area (Å²) in [6, 6.07) is 2.53. The van der Waals surface area contributed by atoms with E-state index in [-0.39, 0.29) is 5.92 Å². The van der Waals surface area contributed by atoms with Gasteiger partial charge >= 0.3 is 0 Å². The van der Waals surface area contributed by atoms with Crippen LogP contribution in [0.2, 0.25) is 0 Å². The third kappa shape index (κ3) is 4.33. The van der Waals surface area contributed by atoms with E-state index in [4.69, 9.17) is 9.97 Å². The minimum Gasteiger partial charge on any atom is -0.332 e.